The number of aliphatic hydroxyl groups is 1. The summed E-state index contributed by atoms with van der Waals surface area (Å²) >= 11 is 0. The van der Waals surface area contributed by atoms with Crippen LogP contribution >= 0.6 is 10.8 Å². The lowest BCUT2D eigenvalue weighted by atomic mass is 10.0. The van der Waals surface area contributed by atoms with E-state index in [9.17, 15) is 23.8 Å². The Morgan fingerprint density at radius 2 is 1.71 bits per heavy atom. The number of carbonyl (C=O) groups excluding carboxylic acids is 2. The molecule has 1 aliphatic heterocycles. The van der Waals surface area contributed by atoms with E-state index in [-0.39, 0.29) is 30.0 Å². The van der Waals surface area contributed by atoms with Gasteiger partial charge in [0.05, 0.1) is 36.3 Å². The summed E-state index contributed by atoms with van der Waals surface area (Å²) in [6.07, 6.45) is -0.647. The molecule has 0 spiro atoms. The van der Waals surface area contributed by atoms with Crippen LogP contribution in [0.5, 0.6) is 5.75 Å². The van der Waals surface area contributed by atoms with Gasteiger partial charge in [-0.15, -0.1) is 0 Å². The average Bonchev–Trinajstić information content (AvgIpc) is 3.12. The van der Waals surface area contributed by atoms with Crippen LogP contribution in [0.4, 0.5) is 0 Å². The Labute approximate surface area is 223 Å². The molecule has 38 heavy (non-hydrogen) atoms. The number of benzene rings is 3. The Morgan fingerprint density at radius 1 is 1.00 bits per heavy atom. The third-order valence-electron chi connectivity index (χ3n) is 6.41. The molecule has 0 saturated carbocycles. The Bertz CT molecular complexity index is 1260. The monoisotopic (exact) mass is 539 g/mol. The van der Waals surface area contributed by atoms with Crippen LogP contribution in [0.15, 0.2) is 83.8 Å². The van der Waals surface area contributed by atoms with Crippen molar-refractivity contribution in [3.8, 4) is 5.75 Å². The highest BCUT2D eigenvalue weighted by Crippen LogP contribution is 2.58. The number of hydrogen-bond acceptors (Lipinski definition) is 7. The van der Waals surface area contributed by atoms with Gasteiger partial charge in [-0.25, -0.2) is 4.31 Å². The summed E-state index contributed by atoms with van der Waals surface area (Å²) in [5, 5.41) is 17.1. The van der Waals surface area contributed by atoms with Crippen molar-refractivity contribution < 1.29 is 28.5 Å². The van der Waals surface area contributed by atoms with Crippen LogP contribution in [0.2, 0.25) is 0 Å². The first kappa shape index (κ1) is 27.6. The van der Waals surface area contributed by atoms with Crippen LogP contribution < -0.4 is 15.4 Å². The van der Waals surface area contributed by atoms with Crippen molar-refractivity contribution in [1.82, 2.24) is 14.9 Å². The summed E-state index contributed by atoms with van der Waals surface area (Å²) < 4.78 is 27.5. The number of carbonyl (C=O) groups is 2. The molecule has 2 amide bonds. The van der Waals surface area contributed by atoms with E-state index >= 15 is 0 Å². The van der Waals surface area contributed by atoms with Gasteiger partial charge in [0, 0.05) is 19.5 Å². The molecule has 5 N–H and O–H groups in total. The molecule has 9 nitrogen and oxygen atoms in total. The van der Waals surface area contributed by atoms with Crippen LogP contribution in [-0.2, 0) is 17.8 Å². The predicted octanol–water partition coefficient (Wildman–Crippen LogP) is 3.44. The van der Waals surface area contributed by atoms with E-state index < -0.39 is 34.7 Å². The van der Waals surface area contributed by atoms with Gasteiger partial charge in [0.1, 0.15) is 5.75 Å². The number of hydrogen-bond donors (Lipinski definition) is 5. The zero-order valence-electron chi connectivity index (χ0n) is 21.1. The fourth-order valence-electron chi connectivity index (χ4n) is 4.40. The second-order valence-corrected chi connectivity index (χ2v) is 11.0. The number of nitrogens with zero attached hydrogens (tertiary/aromatic N) is 1. The number of rotatable bonds is 12. The third-order valence-corrected chi connectivity index (χ3v) is 8.32. The second-order valence-electron chi connectivity index (χ2n) is 9.09. The molecule has 1 heterocycles. The zero-order valence-corrected chi connectivity index (χ0v) is 21.9. The highest BCUT2D eigenvalue weighted by molar-refractivity contribution is 8.23. The van der Waals surface area contributed by atoms with Crippen molar-refractivity contribution in [2.75, 3.05) is 20.2 Å². The van der Waals surface area contributed by atoms with Crippen LogP contribution in [-0.4, -0.2) is 62.7 Å². The van der Waals surface area contributed by atoms with Crippen molar-refractivity contribution in [3.05, 3.63) is 95.6 Å². The lowest BCUT2D eigenvalue weighted by molar-refractivity contribution is -0.122. The summed E-state index contributed by atoms with van der Waals surface area (Å²) in [5.74, 6) is -0.178. The van der Waals surface area contributed by atoms with Crippen LogP contribution in [0, 0.1) is 0 Å². The molecule has 3 aromatic rings. The molecule has 0 saturated heterocycles. The molecule has 2 atom stereocenters. The van der Waals surface area contributed by atoms with Gasteiger partial charge in [0.2, 0.25) is 5.91 Å². The fraction of sp³-hybridized carbons (Fsp3) is 0.286. The molecule has 4 rings (SSSR count). The summed E-state index contributed by atoms with van der Waals surface area (Å²) in [6, 6.07) is 22.9. The van der Waals surface area contributed by atoms with Gasteiger partial charge >= 0.3 is 0 Å². The smallest absolute Gasteiger partial charge is 0.274 e. The van der Waals surface area contributed by atoms with Gasteiger partial charge < -0.3 is 20.5 Å². The number of ether oxygens (including phenoxy) is 1. The van der Waals surface area contributed by atoms with E-state index in [2.05, 4.69) is 10.6 Å². The van der Waals surface area contributed by atoms with Gasteiger partial charge in [-0.1, -0.05) is 65.4 Å². The second kappa shape index (κ2) is 12.4. The summed E-state index contributed by atoms with van der Waals surface area (Å²) in [6.45, 7) is 0.578. The van der Waals surface area contributed by atoms with Crippen LogP contribution in [0.25, 0.3) is 0 Å². The largest absolute Gasteiger partial charge is 0.497 e. The summed E-state index contributed by atoms with van der Waals surface area (Å²) in [7, 11) is -1.89. The molecule has 202 valence electrons. The summed E-state index contributed by atoms with van der Waals surface area (Å²) in [4.78, 5) is 25.8. The maximum absolute atomic E-state index is 12.9. The highest BCUT2D eigenvalue weighted by atomic mass is 32.3. The standard InChI is InChI=1S/C28H33N3O6S/c1-37-22-11-7-10-21(16-22)18-29-19-25(32)24(17-20-8-3-2-4-9-20)30-27(33)14-15-31-28(34)23-12-5-6-13-26(23)38(31,35)36/h2-13,16,24-25,29,32,35-36H,14-15,17-19H2,1H3,(H,30,33)/t24-,25+/m0/s1. The Balaban J connectivity index is 1.36. The molecule has 0 aliphatic carbocycles. The number of nitrogens with one attached hydrogen (secondary N) is 2. The highest BCUT2D eigenvalue weighted by Gasteiger charge is 2.41. The Morgan fingerprint density at radius 3 is 2.45 bits per heavy atom. The Hall–Kier alpha value is -3.41. The minimum atomic E-state index is -3.49. The normalized spacial score (nSPS) is 16.4. The van der Waals surface area contributed by atoms with Crippen molar-refractivity contribution in [2.24, 2.45) is 0 Å². The molecular weight excluding hydrogens is 506 g/mol. The zero-order chi connectivity index (χ0) is 27.1. The molecule has 0 aromatic heterocycles. The predicted molar refractivity (Wildman–Crippen MR) is 146 cm³/mol. The first-order valence-electron chi connectivity index (χ1n) is 12.3. The lowest BCUT2D eigenvalue weighted by Gasteiger charge is -2.36. The van der Waals surface area contributed by atoms with E-state index in [0.29, 0.717) is 13.0 Å². The van der Waals surface area contributed by atoms with Crippen LogP contribution in [0.3, 0.4) is 0 Å². The van der Waals surface area contributed by atoms with Gasteiger partial charge in [-0.05, 0) is 41.8 Å². The van der Waals surface area contributed by atoms with Gasteiger partial charge in [0.15, 0.2) is 0 Å². The Kier molecular flexibility index (Phi) is 9.03. The van der Waals surface area contributed by atoms with E-state index in [1.807, 2.05) is 54.6 Å². The maximum atomic E-state index is 12.9. The van der Waals surface area contributed by atoms with Gasteiger partial charge in [0.25, 0.3) is 5.91 Å². The minimum absolute atomic E-state index is 0.148. The van der Waals surface area contributed by atoms with Crippen molar-refractivity contribution >= 4 is 22.6 Å². The quantitative estimate of drug-likeness (QED) is 0.238. The molecule has 10 heteroatoms. The fourth-order valence-corrected chi connectivity index (χ4v) is 6.03. The number of methoxy groups -OCH3 is 1. The lowest BCUT2D eigenvalue weighted by Crippen LogP contribution is -2.49. The van der Waals surface area contributed by atoms with Gasteiger partial charge in [-0.3, -0.25) is 18.7 Å². The number of amides is 2. The number of aliphatic hydroxyl groups excluding tert-OH is 1. The molecule has 0 fully saturated rings. The topological polar surface area (TPSA) is 131 Å². The van der Waals surface area contributed by atoms with E-state index in [1.54, 1.807) is 19.2 Å². The SMILES string of the molecule is COc1cccc(CNC[C@@H](O)[C@H](Cc2ccccc2)NC(=O)CCN2C(=O)c3ccccc3S2(O)O)c1. The molecular formula is C28H33N3O6S. The van der Waals surface area contributed by atoms with Crippen molar-refractivity contribution in [2.45, 2.75) is 36.4 Å². The molecule has 0 unspecified atom stereocenters. The van der Waals surface area contributed by atoms with E-state index in [1.165, 1.54) is 12.1 Å². The van der Waals surface area contributed by atoms with Crippen molar-refractivity contribution in [1.29, 1.82) is 0 Å². The summed E-state index contributed by atoms with van der Waals surface area (Å²) in [5.41, 5.74) is 2.17. The van der Waals surface area contributed by atoms with Gasteiger partial charge in [-0.2, -0.15) is 0 Å². The van der Waals surface area contributed by atoms with Crippen LogP contribution in [0.1, 0.15) is 27.9 Å². The molecule has 0 bridgehead atoms. The maximum Gasteiger partial charge on any atom is 0.274 e. The first-order valence-corrected chi connectivity index (χ1v) is 13.8. The molecule has 1 aliphatic rings. The third kappa shape index (κ3) is 6.53. The van der Waals surface area contributed by atoms with E-state index in [4.69, 9.17) is 4.74 Å². The first-order chi connectivity index (χ1) is 18.3. The molecule has 3 aromatic carbocycles. The average molecular weight is 540 g/mol. The van der Waals surface area contributed by atoms with Crippen molar-refractivity contribution in [3.63, 3.8) is 0 Å². The van der Waals surface area contributed by atoms with E-state index in [0.717, 1.165) is 21.2 Å². The number of fused-ring (bicyclic) bond motifs is 1. The molecule has 0 radical (unpaired) electrons. The minimum Gasteiger partial charge on any atom is -0.497 e.